The van der Waals surface area contributed by atoms with E-state index < -0.39 is 30.0 Å². The number of nitrogens with zero attached hydrogens (tertiary/aromatic N) is 1. The summed E-state index contributed by atoms with van der Waals surface area (Å²) < 4.78 is 67.4. The van der Waals surface area contributed by atoms with Crippen LogP contribution in [0.15, 0.2) is 107 Å². The molecule has 1 aromatic heterocycles. The third-order valence-corrected chi connectivity index (χ3v) is 7.62. The second-order valence-corrected chi connectivity index (χ2v) is 11.2. The van der Waals surface area contributed by atoms with Crippen molar-refractivity contribution in [3.8, 4) is 22.5 Å². The van der Waals surface area contributed by atoms with Crippen LogP contribution in [0, 0.1) is 0 Å². The Labute approximate surface area is 230 Å². The molecule has 0 amide bonds. The molecule has 0 aliphatic heterocycles. The Morgan fingerprint density at radius 3 is 1.65 bits per heavy atom. The van der Waals surface area contributed by atoms with Gasteiger partial charge in [0.05, 0.1) is 18.5 Å². The molecule has 0 spiro atoms. The van der Waals surface area contributed by atoms with Crippen molar-refractivity contribution in [3.63, 3.8) is 0 Å². The largest absolute Gasteiger partial charge is 0.469 e. The third kappa shape index (κ3) is 6.61. The number of nitrogens with one attached hydrogen (secondary N) is 1. The monoisotopic (exact) mass is 580 g/mol. The van der Waals surface area contributed by atoms with Crippen molar-refractivity contribution in [2.75, 3.05) is 7.11 Å². The molecule has 0 saturated heterocycles. The number of carbonyl (C=O) groups excluding carboxylic acids is 1. The number of aromatic nitrogens is 2. The molecule has 206 valence electrons. The minimum atomic E-state index is -4.47. The van der Waals surface area contributed by atoms with Crippen molar-refractivity contribution in [2.45, 2.75) is 16.2 Å². The number of benzene rings is 4. The molecule has 12 heteroatoms. The van der Waals surface area contributed by atoms with E-state index in [0.717, 1.165) is 34.6 Å². The van der Waals surface area contributed by atoms with Crippen molar-refractivity contribution in [2.24, 2.45) is 0 Å². The molecule has 0 fully saturated rings. The van der Waals surface area contributed by atoms with Crippen LogP contribution in [0.25, 0.3) is 33.3 Å². The number of imidazole rings is 1. The van der Waals surface area contributed by atoms with E-state index >= 15 is 0 Å². The van der Waals surface area contributed by atoms with Gasteiger partial charge in [0.25, 0.3) is 20.2 Å². The second-order valence-electron chi connectivity index (χ2n) is 8.45. The lowest BCUT2D eigenvalue weighted by Gasteiger charge is -2.06. The topological polar surface area (TPSA) is 164 Å². The maximum atomic E-state index is 11.5. The molecule has 0 atom stereocenters. The van der Waals surface area contributed by atoms with E-state index in [1.807, 2.05) is 60.7 Å². The van der Waals surface area contributed by atoms with Gasteiger partial charge < -0.3 is 9.72 Å². The summed E-state index contributed by atoms with van der Waals surface area (Å²) in [7, 11) is -7.56. The van der Waals surface area contributed by atoms with Gasteiger partial charge in [-0.2, -0.15) is 16.8 Å². The number of hydrogen-bond donors (Lipinski definition) is 3. The zero-order chi connectivity index (χ0) is 28.9. The van der Waals surface area contributed by atoms with Gasteiger partial charge in [-0.3, -0.25) is 13.9 Å². The minimum Gasteiger partial charge on any atom is -0.469 e. The summed E-state index contributed by atoms with van der Waals surface area (Å²) in [6.45, 7) is 0. The van der Waals surface area contributed by atoms with Crippen molar-refractivity contribution >= 4 is 37.0 Å². The quantitative estimate of drug-likeness (QED) is 0.189. The van der Waals surface area contributed by atoms with E-state index in [4.69, 9.17) is 13.8 Å². The fourth-order valence-electron chi connectivity index (χ4n) is 4.04. The predicted molar refractivity (Wildman–Crippen MR) is 149 cm³/mol. The van der Waals surface area contributed by atoms with Crippen LogP contribution in [0.4, 0.5) is 0 Å². The minimum absolute atomic E-state index is 0.0233. The molecule has 0 aliphatic rings. The van der Waals surface area contributed by atoms with Gasteiger partial charge >= 0.3 is 5.97 Å². The lowest BCUT2D eigenvalue weighted by molar-refractivity contribution is -0.139. The summed E-state index contributed by atoms with van der Waals surface area (Å²) in [6, 6.07) is 27.4. The highest BCUT2D eigenvalue weighted by molar-refractivity contribution is 7.86. The van der Waals surface area contributed by atoms with Gasteiger partial charge in [-0.25, -0.2) is 4.98 Å². The number of ether oxygens (including phenoxy) is 1. The fourth-order valence-corrected chi connectivity index (χ4v) is 5.45. The van der Waals surface area contributed by atoms with E-state index in [2.05, 4.69) is 9.97 Å². The molecule has 3 N–H and O–H groups in total. The van der Waals surface area contributed by atoms with Crippen molar-refractivity contribution in [3.05, 3.63) is 103 Å². The Bertz CT molecular complexity index is 1740. The molecule has 5 rings (SSSR count). The first kappa shape index (κ1) is 28.6. The number of fused-ring (bicyclic) bond motifs is 1. The maximum Gasteiger partial charge on any atom is 0.313 e. The lowest BCUT2D eigenvalue weighted by atomic mass is 10.1. The molecule has 40 heavy (non-hydrogen) atoms. The predicted octanol–water partition coefficient (Wildman–Crippen LogP) is 4.79. The van der Waals surface area contributed by atoms with Crippen LogP contribution in [0.1, 0.15) is 5.82 Å². The highest BCUT2D eigenvalue weighted by Gasteiger charge is 2.19. The average Bonchev–Trinajstić information content (AvgIpc) is 3.36. The smallest absolute Gasteiger partial charge is 0.313 e. The van der Waals surface area contributed by atoms with Gasteiger partial charge in [-0.1, -0.05) is 84.9 Å². The van der Waals surface area contributed by atoms with Crippen LogP contribution in [0.5, 0.6) is 0 Å². The summed E-state index contributed by atoms with van der Waals surface area (Å²) in [6.07, 6.45) is 0.128. The van der Waals surface area contributed by atoms with Crippen LogP contribution in [0.2, 0.25) is 0 Å². The zero-order valence-electron chi connectivity index (χ0n) is 21.1. The summed E-state index contributed by atoms with van der Waals surface area (Å²) >= 11 is 0. The first-order valence-electron chi connectivity index (χ1n) is 11.7. The number of aromatic amines is 1. The molecule has 5 aromatic rings. The number of hydrogen-bond acceptors (Lipinski definition) is 7. The Balaban J connectivity index is 0.000000189. The molecule has 0 aliphatic carbocycles. The molecule has 0 unspecified atom stereocenters. The summed E-state index contributed by atoms with van der Waals surface area (Å²) in [4.78, 5) is 18.5. The van der Waals surface area contributed by atoms with Gasteiger partial charge in [0.2, 0.25) is 0 Å². The normalized spacial score (nSPS) is 11.5. The fraction of sp³-hybridized carbons (Fsp3) is 0.0714. The first-order valence-corrected chi connectivity index (χ1v) is 14.6. The number of carbonyl (C=O) groups is 1. The molecular formula is C28H24N2O8S2. The van der Waals surface area contributed by atoms with E-state index in [1.165, 1.54) is 31.4 Å². The SMILES string of the molecule is COC(=O)Cc1nc(-c2ccccc2)c(-c2ccccc2)[nH]1.O=S(=O)(O)c1cccc2c(S(=O)(=O)O)cccc12. The van der Waals surface area contributed by atoms with Crippen LogP contribution in [-0.2, 0) is 36.2 Å². The highest BCUT2D eigenvalue weighted by Crippen LogP contribution is 2.30. The van der Waals surface area contributed by atoms with Crippen LogP contribution in [0.3, 0.4) is 0 Å². The van der Waals surface area contributed by atoms with E-state index in [-0.39, 0.29) is 23.2 Å². The van der Waals surface area contributed by atoms with E-state index in [0.29, 0.717) is 5.82 Å². The molecule has 0 radical (unpaired) electrons. The molecule has 0 bridgehead atoms. The van der Waals surface area contributed by atoms with E-state index in [1.54, 1.807) is 0 Å². The first-order chi connectivity index (χ1) is 19.0. The van der Waals surface area contributed by atoms with Gasteiger partial charge in [-0.05, 0) is 12.1 Å². The van der Waals surface area contributed by atoms with E-state index in [9.17, 15) is 21.6 Å². The summed E-state index contributed by atoms with van der Waals surface area (Å²) in [5, 5.41) is 0.0465. The molecule has 4 aromatic carbocycles. The number of H-pyrrole nitrogens is 1. The molecule has 1 heterocycles. The number of methoxy groups -OCH3 is 1. The highest BCUT2D eigenvalue weighted by atomic mass is 32.2. The number of esters is 1. The van der Waals surface area contributed by atoms with Gasteiger partial charge in [0.1, 0.15) is 22.0 Å². The van der Waals surface area contributed by atoms with Crippen LogP contribution < -0.4 is 0 Å². The summed E-state index contributed by atoms with van der Waals surface area (Å²) in [5.41, 5.74) is 3.79. The molecule has 0 saturated carbocycles. The Hall–Kier alpha value is -4.36. The van der Waals surface area contributed by atoms with Crippen molar-refractivity contribution < 1.29 is 35.5 Å². The zero-order valence-corrected chi connectivity index (χ0v) is 22.7. The molecular weight excluding hydrogens is 556 g/mol. The number of rotatable bonds is 6. The second kappa shape index (κ2) is 11.8. The Morgan fingerprint density at radius 1 is 0.725 bits per heavy atom. The van der Waals surface area contributed by atoms with Gasteiger partial charge in [-0.15, -0.1) is 0 Å². The lowest BCUT2D eigenvalue weighted by Crippen LogP contribution is -2.05. The van der Waals surface area contributed by atoms with Gasteiger partial charge in [0, 0.05) is 21.9 Å². The van der Waals surface area contributed by atoms with Crippen molar-refractivity contribution in [1.82, 2.24) is 9.97 Å². The summed E-state index contributed by atoms with van der Waals surface area (Å²) in [5.74, 6) is 0.289. The maximum absolute atomic E-state index is 11.5. The Morgan fingerprint density at radius 2 is 1.20 bits per heavy atom. The molecule has 10 nitrogen and oxygen atoms in total. The average molecular weight is 581 g/mol. The van der Waals surface area contributed by atoms with Crippen molar-refractivity contribution in [1.29, 1.82) is 0 Å². The van der Waals surface area contributed by atoms with Gasteiger partial charge in [0.15, 0.2) is 0 Å². The Kier molecular flexibility index (Phi) is 8.45. The van der Waals surface area contributed by atoms with Crippen LogP contribution >= 0.6 is 0 Å². The third-order valence-electron chi connectivity index (χ3n) is 5.80. The standard InChI is InChI=1S/C18H16N2O2.C10H8O6S2/c1-22-16(21)12-15-19-17(13-8-4-2-5-9-13)18(20-15)14-10-6-3-7-11-14;11-17(12,13)9-5-1-3-7-8(9)4-2-6-10(7)18(14,15)16/h2-11H,12H2,1H3,(H,19,20);1-6H,(H,11,12,13)(H,14,15,16). The van der Waals surface area contributed by atoms with Crippen LogP contribution in [-0.4, -0.2) is 49.0 Å².